The van der Waals surface area contributed by atoms with E-state index < -0.39 is 21.9 Å². The number of carboxylic acids is 1. The summed E-state index contributed by atoms with van der Waals surface area (Å²) in [6.07, 6.45) is -0.954. The van der Waals surface area contributed by atoms with Crippen molar-refractivity contribution >= 4 is 15.8 Å². The Bertz CT molecular complexity index is 472. The van der Waals surface area contributed by atoms with Crippen LogP contribution < -0.4 is 0 Å². The number of aromatic carboxylic acids is 1. The molecule has 0 saturated heterocycles. The number of sulfone groups is 1. The molecule has 0 aliphatic rings. The summed E-state index contributed by atoms with van der Waals surface area (Å²) in [6.45, 7) is 1.38. The molecule has 1 atom stereocenters. The lowest BCUT2D eigenvalue weighted by Crippen LogP contribution is -2.17. The third-order valence-electron chi connectivity index (χ3n) is 1.92. The Morgan fingerprint density at radius 2 is 1.81 bits per heavy atom. The maximum atomic E-state index is 11.6. The van der Waals surface area contributed by atoms with Gasteiger partial charge in [0.1, 0.15) is 0 Å². The van der Waals surface area contributed by atoms with Crippen molar-refractivity contribution in [3.8, 4) is 0 Å². The fourth-order valence-electron chi connectivity index (χ4n) is 1.22. The van der Waals surface area contributed by atoms with Crippen LogP contribution in [0, 0.1) is 0 Å². The second kappa shape index (κ2) is 4.63. The first-order valence-corrected chi connectivity index (χ1v) is 6.22. The first kappa shape index (κ1) is 12.7. The van der Waals surface area contributed by atoms with E-state index in [0.717, 1.165) is 0 Å². The second-order valence-electron chi connectivity index (χ2n) is 3.46. The Morgan fingerprint density at radius 3 is 2.19 bits per heavy atom. The van der Waals surface area contributed by atoms with Crippen molar-refractivity contribution in [1.29, 1.82) is 0 Å². The summed E-state index contributed by atoms with van der Waals surface area (Å²) in [5, 5.41) is 17.7. The van der Waals surface area contributed by atoms with E-state index >= 15 is 0 Å². The third-order valence-corrected chi connectivity index (χ3v) is 3.83. The van der Waals surface area contributed by atoms with Gasteiger partial charge in [-0.1, -0.05) is 0 Å². The zero-order valence-electron chi connectivity index (χ0n) is 8.62. The number of aliphatic hydroxyl groups excluding tert-OH is 1. The van der Waals surface area contributed by atoms with Crippen molar-refractivity contribution in [1.82, 2.24) is 0 Å². The lowest BCUT2D eigenvalue weighted by Gasteiger charge is -2.06. The normalized spacial score (nSPS) is 13.4. The van der Waals surface area contributed by atoms with Gasteiger partial charge in [-0.25, -0.2) is 13.2 Å². The highest BCUT2D eigenvalue weighted by Gasteiger charge is 2.17. The van der Waals surface area contributed by atoms with Crippen LogP contribution in [0.25, 0.3) is 0 Å². The number of rotatable bonds is 4. The Kier molecular flexibility index (Phi) is 3.66. The average Bonchev–Trinajstić information content (AvgIpc) is 2.16. The summed E-state index contributed by atoms with van der Waals surface area (Å²) in [4.78, 5) is 10.6. The molecule has 0 amide bonds. The van der Waals surface area contributed by atoms with Crippen molar-refractivity contribution in [2.24, 2.45) is 0 Å². The summed E-state index contributed by atoms with van der Waals surface area (Å²) in [6, 6.07) is 4.89. The van der Waals surface area contributed by atoms with Gasteiger partial charge in [0.25, 0.3) is 0 Å². The zero-order chi connectivity index (χ0) is 12.3. The smallest absolute Gasteiger partial charge is 0.335 e. The Morgan fingerprint density at radius 1 is 1.31 bits per heavy atom. The first-order valence-electron chi connectivity index (χ1n) is 4.57. The minimum Gasteiger partial charge on any atom is -0.478 e. The molecule has 0 bridgehead atoms. The van der Waals surface area contributed by atoms with Crippen LogP contribution in [0.4, 0.5) is 0 Å². The molecule has 0 saturated carbocycles. The highest BCUT2D eigenvalue weighted by Crippen LogP contribution is 2.13. The molecule has 88 valence electrons. The molecule has 6 heteroatoms. The molecule has 0 radical (unpaired) electrons. The average molecular weight is 244 g/mol. The monoisotopic (exact) mass is 244 g/mol. The molecular formula is C10H12O5S. The molecule has 0 unspecified atom stereocenters. The molecule has 0 fully saturated rings. The second-order valence-corrected chi connectivity index (χ2v) is 5.49. The predicted molar refractivity (Wildman–Crippen MR) is 57.1 cm³/mol. The maximum Gasteiger partial charge on any atom is 0.335 e. The predicted octanol–water partition coefficient (Wildman–Crippen LogP) is 0.539. The van der Waals surface area contributed by atoms with Crippen LogP contribution in [-0.2, 0) is 9.84 Å². The minimum atomic E-state index is -3.54. The Labute approximate surface area is 93.3 Å². The van der Waals surface area contributed by atoms with E-state index in [1.807, 2.05) is 0 Å². The highest BCUT2D eigenvalue weighted by molar-refractivity contribution is 7.91. The van der Waals surface area contributed by atoms with Gasteiger partial charge in [-0.05, 0) is 31.2 Å². The van der Waals surface area contributed by atoms with Gasteiger partial charge in [-0.15, -0.1) is 0 Å². The molecule has 0 aliphatic carbocycles. The highest BCUT2D eigenvalue weighted by atomic mass is 32.2. The summed E-state index contributed by atoms with van der Waals surface area (Å²) in [7, 11) is -3.54. The van der Waals surface area contributed by atoms with Gasteiger partial charge in [0.05, 0.1) is 22.3 Å². The van der Waals surface area contributed by atoms with E-state index in [-0.39, 0.29) is 16.2 Å². The Hall–Kier alpha value is -1.40. The van der Waals surface area contributed by atoms with Crippen LogP contribution in [-0.4, -0.2) is 36.5 Å². The van der Waals surface area contributed by atoms with Crippen LogP contribution in [0.3, 0.4) is 0 Å². The molecule has 1 rings (SSSR count). The van der Waals surface area contributed by atoms with Gasteiger partial charge in [-0.3, -0.25) is 0 Å². The molecule has 1 aromatic carbocycles. The van der Waals surface area contributed by atoms with Gasteiger partial charge in [-0.2, -0.15) is 0 Å². The molecule has 0 aromatic heterocycles. The van der Waals surface area contributed by atoms with E-state index in [2.05, 4.69) is 0 Å². The van der Waals surface area contributed by atoms with E-state index in [4.69, 9.17) is 10.2 Å². The van der Waals surface area contributed by atoms with Crippen LogP contribution in [0.5, 0.6) is 0 Å². The van der Waals surface area contributed by atoms with Crippen LogP contribution in [0.2, 0.25) is 0 Å². The molecule has 0 aliphatic heterocycles. The van der Waals surface area contributed by atoms with Gasteiger partial charge in [0.15, 0.2) is 9.84 Å². The standard InChI is InChI=1S/C10H12O5S/c1-7(11)6-16(14,15)9-4-2-8(3-5-9)10(12)13/h2-5,7,11H,6H2,1H3,(H,12,13)/t7-/m1/s1. The SMILES string of the molecule is C[C@@H](O)CS(=O)(=O)c1ccc(C(=O)O)cc1. The number of carbonyl (C=O) groups is 1. The molecule has 2 N–H and O–H groups in total. The molecule has 1 aromatic rings. The lowest BCUT2D eigenvalue weighted by atomic mass is 10.2. The zero-order valence-corrected chi connectivity index (χ0v) is 9.44. The summed E-state index contributed by atoms with van der Waals surface area (Å²) >= 11 is 0. The quantitative estimate of drug-likeness (QED) is 0.806. The van der Waals surface area contributed by atoms with Gasteiger partial charge >= 0.3 is 5.97 Å². The van der Waals surface area contributed by atoms with Crippen molar-refractivity contribution < 1.29 is 23.4 Å². The van der Waals surface area contributed by atoms with Gasteiger partial charge < -0.3 is 10.2 Å². The minimum absolute atomic E-state index is 0.0124. The summed E-state index contributed by atoms with van der Waals surface area (Å²) in [5.41, 5.74) is 0.0241. The molecular weight excluding hydrogens is 232 g/mol. The van der Waals surface area contributed by atoms with Gasteiger partial charge in [0.2, 0.25) is 0 Å². The molecule has 16 heavy (non-hydrogen) atoms. The van der Waals surface area contributed by atoms with Crippen molar-refractivity contribution in [3.63, 3.8) is 0 Å². The van der Waals surface area contributed by atoms with Crippen LogP contribution in [0.15, 0.2) is 29.2 Å². The van der Waals surface area contributed by atoms with E-state index in [9.17, 15) is 13.2 Å². The number of hydrogen-bond donors (Lipinski definition) is 2. The Balaban J connectivity index is 3.02. The van der Waals surface area contributed by atoms with Crippen molar-refractivity contribution in [3.05, 3.63) is 29.8 Å². The van der Waals surface area contributed by atoms with E-state index in [1.54, 1.807) is 0 Å². The van der Waals surface area contributed by atoms with Crippen molar-refractivity contribution in [2.75, 3.05) is 5.75 Å². The number of aliphatic hydroxyl groups is 1. The number of carboxylic acid groups (broad SMARTS) is 1. The third kappa shape index (κ3) is 3.04. The number of hydrogen-bond acceptors (Lipinski definition) is 4. The fourth-order valence-corrected chi connectivity index (χ4v) is 2.60. The number of benzene rings is 1. The molecule has 0 spiro atoms. The maximum absolute atomic E-state index is 11.6. The molecule has 5 nitrogen and oxygen atoms in total. The van der Waals surface area contributed by atoms with Crippen molar-refractivity contribution in [2.45, 2.75) is 17.9 Å². The van der Waals surface area contributed by atoms with E-state index in [0.29, 0.717) is 0 Å². The topological polar surface area (TPSA) is 91.7 Å². The van der Waals surface area contributed by atoms with E-state index in [1.165, 1.54) is 31.2 Å². The first-order chi connectivity index (χ1) is 7.33. The lowest BCUT2D eigenvalue weighted by molar-refractivity contribution is 0.0696. The fraction of sp³-hybridized carbons (Fsp3) is 0.300. The van der Waals surface area contributed by atoms with Crippen LogP contribution in [0.1, 0.15) is 17.3 Å². The summed E-state index contributed by atoms with van der Waals surface area (Å²) < 4.78 is 23.2. The molecule has 0 heterocycles. The van der Waals surface area contributed by atoms with Crippen LogP contribution >= 0.6 is 0 Å². The summed E-state index contributed by atoms with van der Waals surface area (Å²) in [5.74, 6) is -1.49. The van der Waals surface area contributed by atoms with Gasteiger partial charge in [0, 0.05) is 0 Å². The largest absolute Gasteiger partial charge is 0.478 e.